The van der Waals surface area contributed by atoms with Gasteiger partial charge >= 0.3 is 0 Å². The Bertz CT molecular complexity index is 1510. The number of aliphatic hydroxyl groups is 2. The van der Waals surface area contributed by atoms with Crippen LogP contribution in [0, 0.1) is 0 Å². The molecule has 0 saturated carbocycles. The number of phenolic OH excluding ortho intramolecular Hbond substituents is 2. The number of rotatable bonds is 8. The van der Waals surface area contributed by atoms with Crippen LogP contribution in [0.3, 0.4) is 0 Å². The van der Waals surface area contributed by atoms with Crippen molar-refractivity contribution in [2.75, 3.05) is 26.7 Å². The van der Waals surface area contributed by atoms with Gasteiger partial charge in [0, 0.05) is 29.5 Å². The molecule has 0 radical (unpaired) electrons. The topological polar surface area (TPSA) is 160 Å². The number of aromatic hydroxyl groups is 2. The Labute approximate surface area is 256 Å². The summed E-state index contributed by atoms with van der Waals surface area (Å²) in [7, 11) is 1.36. The highest BCUT2D eigenvalue weighted by Gasteiger charge is 2.51. The first-order chi connectivity index (χ1) is 20.8. The minimum absolute atomic E-state index is 0.000475. The number of quaternary nitrogens is 1. The third kappa shape index (κ3) is 4.73. The third-order valence-corrected chi connectivity index (χ3v) is 10.3. The summed E-state index contributed by atoms with van der Waals surface area (Å²) in [5, 5.41) is 45.9. The van der Waals surface area contributed by atoms with Gasteiger partial charge in [0.05, 0.1) is 62.1 Å². The summed E-state index contributed by atoms with van der Waals surface area (Å²) in [6.07, 6.45) is -3.91. The number of hydrogen-bond donors (Lipinski definition) is 4. The average molecular weight is 613 g/mol. The molecule has 2 aromatic rings. The van der Waals surface area contributed by atoms with Gasteiger partial charge in [0.15, 0.2) is 17.9 Å². The number of Topliss-reactive ketones (excluding diaryl/α,β-unsaturated/α-hetero) is 1. The van der Waals surface area contributed by atoms with Crippen molar-refractivity contribution in [1.82, 2.24) is 0 Å². The summed E-state index contributed by atoms with van der Waals surface area (Å²) in [4.78, 5) is 40.3. The number of phenols is 2. The first-order valence-corrected chi connectivity index (χ1v) is 15.2. The molecule has 0 spiro atoms. The number of carbonyl (C=O) groups excluding carboxylic acids is 3. The van der Waals surface area contributed by atoms with Gasteiger partial charge < -0.3 is 39.1 Å². The number of methoxy groups -OCH3 is 1. The van der Waals surface area contributed by atoms with Gasteiger partial charge in [-0.05, 0) is 40.7 Å². The van der Waals surface area contributed by atoms with E-state index < -0.39 is 76.6 Å². The fourth-order valence-electron chi connectivity index (χ4n) is 7.52. The van der Waals surface area contributed by atoms with Crippen LogP contribution in [-0.4, -0.2) is 99.1 Å². The van der Waals surface area contributed by atoms with Crippen LogP contribution in [0.5, 0.6) is 17.2 Å². The van der Waals surface area contributed by atoms with Crippen molar-refractivity contribution in [3.63, 3.8) is 0 Å². The van der Waals surface area contributed by atoms with Crippen LogP contribution in [0.4, 0.5) is 0 Å². The van der Waals surface area contributed by atoms with Crippen molar-refractivity contribution in [1.29, 1.82) is 0 Å². The van der Waals surface area contributed by atoms with Crippen LogP contribution in [0.15, 0.2) is 18.2 Å². The molecular weight excluding hydrogens is 570 g/mol. The molecule has 3 aliphatic rings. The molecule has 44 heavy (non-hydrogen) atoms. The van der Waals surface area contributed by atoms with Crippen molar-refractivity contribution in [2.45, 2.75) is 90.1 Å². The number of ketones is 3. The van der Waals surface area contributed by atoms with E-state index in [0.29, 0.717) is 4.48 Å². The van der Waals surface area contributed by atoms with Crippen LogP contribution in [0.2, 0.25) is 0 Å². The molecule has 5 rings (SSSR count). The summed E-state index contributed by atoms with van der Waals surface area (Å²) in [6, 6.07) is 4.26. The molecule has 1 saturated heterocycles. The molecule has 6 atom stereocenters. The average Bonchev–Trinajstić information content (AvgIpc) is 3.00. The van der Waals surface area contributed by atoms with Gasteiger partial charge in [-0.25, -0.2) is 0 Å². The fraction of sp³-hybridized carbons (Fsp3) is 0.545. The second kappa shape index (κ2) is 11.5. The van der Waals surface area contributed by atoms with Crippen molar-refractivity contribution in [3.05, 3.63) is 51.6 Å². The Morgan fingerprint density at radius 3 is 2.27 bits per heavy atom. The summed E-state index contributed by atoms with van der Waals surface area (Å²) in [5.74, 6) is -3.03. The van der Waals surface area contributed by atoms with Crippen molar-refractivity contribution in [3.8, 4) is 17.2 Å². The summed E-state index contributed by atoms with van der Waals surface area (Å²) in [6.45, 7) is 11.5. The second-order valence-electron chi connectivity index (χ2n) is 12.2. The Balaban J connectivity index is 1.64. The zero-order valence-electron chi connectivity index (χ0n) is 26.0. The van der Waals surface area contributed by atoms with Gasteiger partial charge in [0.25, 0.3) is 0 Å². The predicted molar refractivity (Wildman–Crippen MR) is 158 cm³/mol. The molecule has 238 valence electrons. The molecule has 1 fully saturated rings. The van der Waals surface area contributed by atoms with Crippen molar-refractivity contribution < 1.29 is 53.5 Å². The number of hydrogen-bond acceptors (Lipinski definition) is 10. The van der Waals surface area contributed by atoms with Gasteiger partial charge in [0.2, 0.25) is 5.78 Å². The zero-order valence-corrected chi connectivity index (χ0v) is 26.0. The van der Waals surface area contributed by atoms with Gasteiger partial charge in [-0.2, -0.15) is 0 Å². The van der Waals surface area contributed by atoms with E-state index in [4.69, 9.17) is 14.2 Å². The summed E-state index contributed by atoms with van der Waals surface area (Å²) >= 11 is 0. The van der Waals surface area contributed by atoms with E-state index in [2.05, 4.69) is 20.8 Å². The van der Waals surface area contributed by atoms with E-state index in [-0.39, 0.29) is 46.9 Å². The number of likely N-dealkylation sites (N-methyl/N-ethyl adjacent to an activating group) is 1. The fourth-order valence-corrected chi connectivity index (χ4v) is 7.52. The van der Waals surface area contributed by atoms with E-state index in [9.17, 15) is 34.8 Å². The van der Waals surface area contributed by atoms with E-state index in [1.807, 2.05) is 0 Å². The molecule has 2 aliphatic carbocycles. The molecule has 11 nitrogen and oxygen atoms in total. The first kappa shape index (κ1) is 32.1. The van der Waals surface area contributed by atoms with E-state index >= 15 is 0 Å². The highest BCUT2D eigenvalue weighted by Crippen LogP contribution is 2.52. The van der Waals surface area contributed by atoms with Crippen LogP contribution < -0.4 is 4.74 Å². The van der Waals surface area contributed by atoms with Crippen LogP contribution in [-0.2, 0) is 20.7 Å². The van der Waals surface area contributed by atoms with Crippen LogP contribution >= 0.6 is 0 Å². The quantitative estimate of drug-likeness (QED) is 0.220. The zero-order chi connectivity index (χ0) is 32.3. The third-order valence-electron chi connectivity index (χ3n) is 10.3. The highest BCUT2D eigenvalue weighted by atomic mass is 16.7. The molecule has 1 aliphatic heterocycles. The monoisotopic (exact) mass is 612 g/mol. The SMILES string of the molecule is CC[N+](CC)(CC)[C@@H]1C[C@@H](O[C@H]2C[C@](O)(C(C)=O)Cc3c(O)c4c(c(O)c32)C(=O)c2c(OC)cccc2C4=O)O[C@H](C)[C@@H]1O. The number of nitrogens with zero attached hydrogens (tertiary/aromatic N) is 1. The molecule has 0 bridgehead atoms. The predicted octanol–water partition coefficient (Wildman–Crippen LogP) is 2.95. The normalized spacial score (nSPS) is 28.2. The lowest BCUT2D eigenvalue weighted by Gasteiger charge is -2.50. The molecular formula is C33H42NO10+. The van der Waals surface area contributed by atoms with Crippen molar-refractivity contribution in [2.24, 2.45) is 0 Å². The maximum atomic E-state index is 13.9. The number of ether oxygens (including phenoxy) is 3. The van der Waals surface area contributed by atoms with Crippen LogP contribution in [0.25, 0.3) is 0 Å². The highest BCUT2D eigenvalue weighted by molar-refractivity contribution is 6.31. The Kier molecular flexibility index (Phi) is 8.41. The maximum absolute atomic E-state index is 13.9. The lowest BCUT2D eigenvalue weighted by Crippen LogP contribution is -2.65. The molecule has 2 aromatic carbocycles. The molecule has 11 heteroatoms. The lowest BCUT2D eigenvalue weighted by atomic mass is 9.72. The maximum Gasteiger partial charge on any atom is 0.202 e. The number of aliphatic hydroxyl groups excluding tert-OH is 1. The van der Waals surface area contributed by atoms with E-state index in [1.165, 1.54) is 26.2 Å². The molecule has 1 heterocycles. The number of fused-ring (bicyclic) bond motifs is 3. The first-order valence-electron chi connectivity index (χ1n) is 15.2. The largest absolute Gasteiger partial charge is 0.507 e. The lowest BCUT2D eigenvalue weighted by molar-refractivity contribution is -0.952. The molecule has 0 aromatic heterocycles. The minimum Gasteiger partial charge on any atom is -0.507 e. The van der Waals surface area contributed by atoms with E-state index in [1.54, 1.807) is 13.0 Å². The Hall–Kier alpha value is -3.35. The minimum atomic E-state index is -1.99. The molecule has 0 unspecified atom stereocenters. The smallest absolute Gasteiger partial charge is 0.202 e. The van der Waals surface area contributed by atoms with E-state index in [0.717, 1.165) is 19.6 Å². The van der Waals surface area contributed by atoms with Gasteiger partial charge in [-0.15, -0.1) is 0 Å². The molecule has 0 amide bonds. The molecule has 4 N–H and O–H groups in total. The van der Waals surface area contributed by atoms with Crippen LogP contribution in [0.1, 0.15) is 96.5 Å². The Morgan fingerprint density at radius 1 is 1.05 bits per heavy atom. The second-order valence-corrected chi connectivity index (χ2v) is 12.2. The summed E-state index contributed by atoms with van der Waals surface area (Å²) < 4.78 is 18.5. The number of benzene rings is 2. The number of carbonyl (C=O) groups is 3. The standard InChI is InChI=1S/C33H41NO10/c1-7-34(8-2,9-3)20-13-23(43-16(4)28(20)36)44-22-15-33(41,17(5)35)14-19-25(22)32(40)27-26(30(19)38)29(37)18-11-10-12-21(42-6)24(18)31(27)39/h10-12,16,20,22-23,28,36,41H,7-9,13-15H2,1-6H3,(H-,37,38,39,40)/p+1/t16-,20-,22+,23-,28+,33+/m1/s1. The van der Waals surface area contributed by atoms with Gasteiger partial charge in [-0.3, -0.25) is 14.4 Å². The summed E-state index contributed by atoms with van der Waals surface area (Å²) in [5.41, 5.74) is -2.87. The van der Waals surface area contributed by atoms with Gasteiger partial charge in [-0.1, -0.05) is 12.1 Å². The van der Waals surface area contributed by atoms with Gasteiger partial charge in [0.1, 0.15) is 35.0 Å². The van der Waals surface area contributed by atoms with Crippen molar-refractivity contribution >= 4 is 17.3 Å². The Morgan fingerprint density at radius 2 is 1.68 bits per heavy atom.